The second-order valence-electron chi connectivity index (χ2n) is 7.60. The molecule has 2 N–H and O–H groups in total. The van der Waals surface area contributed by atoms with E-state index in [4.69, 9.17) is 0 Å². The van der Waals surface area contributed by atoms with Crippen molar-refractivity contribution < 1.29 is 14.4 Å². The molecule has 1 aliphatic rings. The third kappa shape index (κ3) is 4.16. The third-order valence-electron chi connectivity index (χ3n) is 5.37. The summed E-state index contributed by atoms with van der Waals surface area (Å²) in [7, 11) is 0. The minimum absolute atomic E-state index is 0.00692. The number of pyridine rings is 1. The van der Waals surface area contributed by atoms with Crippen LogP contribution in [0.3, 0.4) is 0 Å². The zero-order valence-electron chi connectivity index (χ0n) is 17.6. The highest BCUT2D eigenvalue weighted by Gasteiger charge is 2.26. The molecule has 0 saturated heterocycles. The van der Waals surface area contributed by atoms with Crippen molar-refractivity contribution in [1.82, 2.24) is 14.5 Å². The average molecular weight is 440 g/mol. The van der Waals surface area contributed by atoms with Crippen LogP contribution in [-0.4, -0.2) is 38.8 Å². The van der Waals surface area contributed by atoms with E-state index in [9.17, 15) is 14.4 Å². The molecule has 9 heteroatoms. The quantitative estimate of drug-likeness (QED) is 0.496. The van der Waals surface area contributed by atoms with Gasteiger partial charge in [-0.3, -0.25) is 19.0 Å². The number of fused-ring (bicyclic) bond motifs is 2. The monoisotopic (exact) mass is 440 g/mol. The van der Waals surface area contributed by atoms with Crippen molar-refractivity contribution >= 4 is 45.8 Å². The number of hydrogen-bond acceptors (Lipinski definition) is 5. The van der Waals surface area contributed by atoms with E-state index in [1.807, 2.05) is 28.8 Å². The molecule has 0 saturated carbocycles. The first-order valence-electron chi connectivity index (χ1n) is 10.5. The number of imidazole rings is 1. The van der Waals surface area contributed by atoms with Gasteiger partial charge in [0.2, 0.25) is 17.7 Å². The van der Waals surface area contributed by atoms with Gasteiger partial charge in [0.05, 0.1) is 34.3 Å². The number of amides is 3. The van der Waals surface area contributed by atoms with E-state index >= 15 is 0 Å². The van der Waals surface area contributed by atoms with Crippen molar-refractivity contribution in [1.29, 1.82) is 0 Å². The lowest BCUT2D eigenvalue weighted by Gasteiger charge is -2.29. The van der Waals surface area contributed by atoms with Crippen molar-refractivity contribution in [3.8, 4) is 5.82 Å². The van der Waals surface area contributed by atoms with Crippen LogP contribution in [0.25, 0.3) is 16.9 Å². The molecule has 9 nitrogen and oxygen atoms in total. The molecule has 1 aliphatic heterocycles. The molecule has 3 heterocycles. The fraction of sp³-hybridized carbons (Fsp3) is 0.125. The van der Waals surface area contributed by atoms with Crippen molar-refractivity contribution in [2.75, 3.05) is 22.1 Å². The lowest BCUT2D eigenvalue weighted by Crippen LogP contribution is -2.42. The molecule has 0 aliphatic carbocycles. The Morgan fingerprint density at radius 3 is 2.64 bits per heavy atom. The van der Waals surface area contributed by atoms with E-state index in [2.05, 4.69) is 20.6 Å². The maximum absolute atomic E-state index is 12.7. The second-order valence-corrected chi connectivity index (χ2v) is 7.60. The molecule has 2 aromatic carbocycles. The molecule has 164 valence electrons. The first kappa shape index (κ1) is 20.4. The van der Waals surface area contributed by atoms with Crippen molar-refractivity contribution in [3.63, 3.8) is 0 Å². The summed E-state index contributed by atoms with van der Waals surface area (Å²) in [5.41, 5.74) is 3.56. The molecule has 0 atom stereocenters. The summed E-state index contributed by atoms with van der Waals surface area (Å²) in [6.07, 6.45) is 3.25. The van der Waals surface area contributed by atoms with Crippen LogP contribution in [0.5, 0.6) is 0 Å². The highest BCUT2D eigenvalue weighted by Crippen LogP contribution is 2.29. The van der Waals surface area contributed by atoms with Gasteiger partial charge in [-0.25, -0.2) is 9.97 Å². The molecule has 4 aromatic rings. The van der Waals surface area contributed by atoms with Crippen LogP contribution < -0.4 is 15.5 Å². The van der Waals surface area contributed by atoms with Crippen LogP contribution in [0.2, 0.25) is 0 Å². The van der Waals surface area contributed by atoms with Gasteiger partial charge in [0, 0.05) is 12.8 Å². The van der Waals surface area contributed by atoms with E-state index in [-0.39, 0.29) is 37.1 Å². The molecule has 0 radical (unpaired) electrons. The van der Waals surface area contributed by atoms with Gasteiger partial charge >= 0.3 is 0 Å². The Balaban J connectivity index is 1.20. The van der Waals surface area contributed by atoms with E-state index in [0.29, 0.717) is 22.9 Å². The standard InChI is InChI=1S/C24H20N6O3/c31-22(11-12-24(33)29-14-23(32)28-18-6-2-4-8-20(18)29)27-16-9-10-21(25-13-16)30-15-26-17-5-1-3-7-19(17)30/h1-10,13,15H,11-12,14H2,(H,27,31)(H,28,32). The smallest absolute Gasteiger partial charge is 0.244 e. The molecule has 0 unspecified atom stereocenters. The first-order chi connectivity index (χ1) is 16.1. The zero-order chi connectivity index (χ0) is 22.8. The topological polar surface area (TPSA) is 109 Å². The highest BCUT2D eigenvalue weighted by molar-refractivity contribution is 6.10. The summed E-state index contributed by atoms with van der Waals surface area (Å²) in [6.45, 7) is -0.0637. The van der Waals surface area contributed by atoms with Crippen molar-refractivity contribution in [2.24, 2.45) is 0 Å². The zero-order valence-corrected chi connectivity index (χ0v) is 17.6. The van der Waals surface area contributed by atoms with Gasteiger partial charge < -0.3 is 15.5 Å². The van der Waals surface area contributed by atoms with Crippen LogP contribution in [0, 0.1) is 0 Å². The number of hydrogen-bond donors (Lipinski definition) is 2. The lowest BCUT2D eigenvalue weighted by atomic mass is 10.1. The van der Waals surface area contributed by atoms with Crippen molar-refractivity contribution in [2.45, 2.75) is 12.8 Å². The molecular weight excluding hydrogens is 420 g/mol. The van der Waals surface area contributed by atoms with Gasteiger partial charge in [-0.1, -0.05) is 24.3 Å². The van der Waals surface area contributed by atoms with E-state index in [1.165, 1.54) is 4.90 Å². The summed E-state index contributed by atoms with van der Waals surface area (Å²) in [5, 5.41) is 5.50. The van der Waals surface area contributed by atoms with E-state index < -0.39 is 0 Å². The molecule has 0 bridgehead atoms. The Kier molecular flexibility index (Phi) is 5.27. The number of para-hydroxylation sites is 4. The van der Waals surface area contributed by atoms with E-state index in [0.717, 1.165) is 11.0 Å². The van der Waals surface area contributed by atoms with Gasteiger partial charge in [0.1, 0.15) is 18.7 Å². The molecule has 3 amide bonds. The van der Waals surface area contributed by atoms with E-state index in [1.54, 1.807) is 48.9 Å². The average Bonchev–Trinajstić information content (AvgIpc) is 3.27. The van der Waals surface area contributed by atoms with Crippen LogP contribution >= 0.6 is 0 Å². The van der Waals surface area contributed by atoms with Gasteiger partial charge in [-0.15, -0.1) is 0 Å². The third-order valence-corrected chi connectivity index (χ3v) is 5.37. The van der Waals surface area contributed by atoms with Crippen molar-refractivity contribution in [3.05, 3.63) is 73.2 Å². The summed E-state index contributed by atoms with van der Waals surface area (Å²) in [4.78, 5) is 47.2. The molecule has 5 rings (SSSR count). The predicted molar refractivity (Wildman–Crippen MR) is 124 cm³/mol. The highest BCUT2D eigenvalue weighted by atomic mass is 16.2. The number of carbonyl (C=O) groups excluding carboxylic acids is 3. The number of aromatic nitrogens is 3. The molecule has 0 spiro atoms. The molecule has 33 heavy (non-hydrogen) atoms. The Bertz CT molecular complexity index is 1360. The fourth-order valence-electron chi connectivity index (χ4n) is 3.78. The van der Waals surface area contributed by atoms with Gasteiger partial charge in [0.15, 0.2) is 0 Å². The normalized spacial score (nSPS) is 12.8. The Morgan fingerprint density at radius 1 is 0.970 bits per heavy atom. The summed E-state index contributed by atoms with van der Waals surface area (Å²) in [6, 6.07) is 18.4. The molecule has 2 aromatic heterocycles. The number of carbonyl (C=O) groups is 3. The molecule has 0 fully saturated rings. The maximum Gasteiger partial charge on any atom is 0.244 e. The minimum Gasteiger partial charge on any atom is -0.325 e. The van der Waals surface area contributed by atoms with Gasteiger partial charge in [0.25, 0.3) is 0 Å². The maximum atomic E-state index is 12.7. The van der Waals surface area contributed by atoms with Gasteiger partial charge in [-0.2, -0.15) is 0 Å². The number of benzene rings is 2. The lowest BCUT2D eigenvalue weighted by molar-refractivity contribution is -0.124. The predicted octanol–water partition coefficient (Wildman–Crippen LogP) is 3.12. The summed E-state index contributed by atoms with van der Waals surface area (Å²) < 4.78 is 1.87. The van der Waals surface area contributed by atoms with Crippen LogP contribution in [0.15, 0.2) is 73.2 Å². The van der Waals surface area contributed by atoms with Crippen LogP contribution in [0.1, 0.15) is 12.8 Å². The fourth-order valence-corrected chi connectivity index (χ4v) is 3.78. The Hall–Kier alpha value is -4.53. The number of nitrogens with zero attached hydrogens (tertiary/aromatic N) is 4. The minimum atomic E-state index is -0.305. The first-order valence-corrected chi connectivity index (χ1v) is 10.5. The Labute approximate surface area is 189 Å². The SMILES string of the molecule is O=C(CCC(=O)N1CC(=O)Nc2ccccc21)Nc1ccc(-n2cnc3ccccc32)nc1. The Morgan fingerprint density at radius 2 is 1.79 bits per heavy atom. The van der Waals surface area contributed by atoms with Crippen LogP contribution in [0.4, 0.5) is 17.1 Å². The largest absolute Gasteiger partial charge is 0.325 e. The number of anilines is 3. The van der Waals surface area contributed by atoms with Gasteiger partial charge in [-0.05, 0) is 36.4 Å². The second kappa shape index (κ2) is 8.54. The summed E-state index contributed by atoms with van der Waals surface area (Å²) >= 11 is 0. The number of nitrogens with one attached hydrogen (secondary N) is 2. The number of rotatable bonds is 5. The van der Waals surface area contributed by atoms with Crippen LogP contribution in [-0.2, 0) is 14.4 Å². The molecular formula is C24H20N6O3. The summed E-state index contributed by atoms with van der Waals surface area (Å²) in [5.74, 6) is -0.170.